The van der Waals surface area contributed by atoms with Gasteiger partial charge < -0.3 is 5.11 Å². The smallest absolute Gasteiger partial charge is 0.189 e. The van der Waals surface area contributed by atoms with Crippen LogP contribution in [-0.2, 0) is 9.59 Å². The van der Waals surface area contributed by atoms with Crippen LogP contribution in [-0.4, -0.2) is 16.7 Å². The Morgan fingerprint density at radius 2 is 1.33 bits per heavy atom. The predicted octanol–water partition coefficient (Wildman–Crippen LogP) is 3.86. The minimum atomic E-state index is -0.300. The Balaban J connectivity index is 2.31. The largest absolute Gasteiger partial charge is 0.508 e. The second kappa shape index (κ2) is 5.31. The van der Waals surface area contributed by atoms with Crippen molar-refractivity contribution in [3.8, 4) is 0 Å². The molecule has 0 aromatic rings. The van der Waals surface area contributed by atoms with Crippen LogP contribution in [0.5, 0.6) is 0 Å². The van der Waals surface area contributed by atoms with Gasteiger partial charge in [0, 0.05) is 17.4 Å². The van der Waals surface area contributed by atoms with E-state index in [0.717, 1.165) is 5.57 Å². The van der Waals surface area contributed by atoms with Gasteiger partial charge >= 0.3 is 0 Å². The van der Waals surface area contributed by atoms with Gasteiger partial charge in [-0.3, -0.25) is 9.59 Å². The molecule has 3 rings (SSSR count). The topological polar surface area (TPSA) is 54.4 Å². The minimum absolute atomic E-state index is 0.0993. The van der Waals surface area contributed by atoms with Gasteiger partial charge in [-0.15, -0.1) is 0 Å². The normalized spacial score (nSPS) is 25.9. The SMILES string of the molecule is C=C(C)C1=C2C(=C)C(=C)C3=C(C(=C)O)C(=O)C=CC3C2C=CC1=O. The van der Waals surface area contributed by atoms with Gasteiger partial charge in [-0.1, -0.05) is 38.5 Å². The van der Waals surface area contributed by atoms with Crippen molar-refractivity contribution in [2.24, 2.45) is 11.8 Å². The molecule has 3 aliphatic rings. The molecule has 3 heteroatoms. The Hall–Kier alpha value is -2.94. The molecule has 1 fully saturated rings. The fourth-order valence-electron chi connectivity index (χ4n) is 3.71. The van der Waals surface area contributed by atoms with Crippen LogP contribution < -0.4 is 0 Å². The maximum Gasteiger partial charge on any atom is 0.189 e. The lowest BCUT2D eigenvalue weighted by atomic mass is 9.62. The van der Waals surface area contributed by atoms with Gasteiger partial charge in [-0.05, 0) is 46.9 Å². The highest BCUT2D eigenvalue weighted by Crippen LogP contribution is 2.51. The number of hydrogen-bond donors (Lipinski definition) is 1. The Morgan fingerprint density at radius 3 is 1.75 bits per heavy atom. The maximum absolute atomic E-state index is 12.3. The van der Waals surface area contributed by atoms with E-state index >= 15 is 0 Å². The summed E-state index contributed by atoms with van der Waals surface area (Å²) in [7, 11) is 0. The van der Waals surface area contributed by atoms with Gasteiger partial charge in [0.05, 0.1) is 5.57 Å². The summed E-state index contributed by atoms with van der Waals surface area (Å²) in [5.41, 5.74) is 4.00. The summed E-state index contributed by atoms with van der Waals surface area (Å²) in [5.74, 6) is -1.03. The van der Waals surface area contributed by atoms with E-state index in [0.29, 0.717) is 27.9 Å². The first-order valence-corrected chi connectivity index (χ1v) is 7.62. The van der Waals surface area contributed by atoms with Crippen molar-refractivity contribution in [3.05, 3.63) is 95.4 Å². The Labute approximate surface area is 141 Å². The molecule has 2 atom stereocenters. The zero-order valence-corrected chi connectivity index (χ0v) is 13.6. The summed E-state index contributed by atoms with van der Waals surface area (Å²) in [6.45, 7) is 17.4. The van der Waals surface area contributed by atoms with Gasteiger partial charge in [0.1, 0.15) is 5.76 Å². The lowest BCUT2D eigenvalue weighted by molar-refractivity contribution is -0.112. The maximum atomic E-state index is 12.3. The summed E-state index contributed by atoms with van der Waals surface area (Å²) >= 11 is 0. The highest BCUT2D eigenvalue weighted by atomic mass is 16.3. The molecule has 3 nitrogen and oxygen atoms in total. The number of hydrogen-bond acceptors (Lipinski definition) is 3. The van der Waals surface area contributed by atoms with Crippen molar-refractivity contribution in [3.63, 3.8) is 0 Å². The monoisotopic (exact) mass is 318 g/mol. The van der Waals surface area contributed by atoms with Crippen molar-refractivity contribution < 1.29 is 14.7 Å². The molecule has 0 saturated heterocycles. The van der Waals surface area contributed by atoms with Gasteiger partial charge in [0.2, 0.25) is 0 Å². The Kier molecular flexibility index (Phi) is 3.52. The summed E-state index contributed by atoms with van der Waals surface area (Å²) < 4.78 is 0. The van der Waals surface area contributed by atoms with Gasteiger partial charge in [0.25, 0.3) is 0 Å². The van der Waals surface area contributed by atoms with E-state index in [9.17, 15) is 14.7 Å². The number of aliphatic hydroxyl groups is 1. The van der Waals surface area contributed by atoms with Gasteiger partial charge in [0.15, 0.2) is 11.6 Å². The van der Waals surface area contributed by atoms with Crippen molar-refractivity contribution in [1.29, 1.82) is 0 Å². The first-order valence-electron chi connectivity index (χ1n) is 7.62. The fourth-order valence-corrected chi connectivity index (χ4v) is 3.71. The number of rotatable bonds is 2. The predicted molar refractivity (Wildman–Crippen MR) is 94.2 cm³/mol. The fraction of sp³-hybridized carbons (Fsp3) is 0.143. The second-order valence-electron chi connectivity index (χ2n) is 6.26. The number of ketones is 2. The molecule has 3 aliphatic carbocycles. The zero-order valence-electron chi connectivity index (χ0n) is 13.6. The van der Waals surface area contributed by atoms with E-state index in [4.69, 9.17) is 0 Å². The Morgan fingerprint density at radius 1 is 0.917 bits per heavy atom. The van der Waals surface area contributed by atoms with Crippen LogP contribution in [0.2, 0.25) is 0 Å². The lowest BCUT2D eigenvalue weighted by Crippen LogP contribution is -2.32. The standard InChI is InChI=1S/C21H18O3/c1-10(2)18-16(23)8-6-14-15-7-9-17(24)21(13(5)22)20(15)12(4)11(3)19(14)18/h6-9,14-15,22H,1,3-5H2,2H3. The molecule has 1 saturated carbocycles. The molecule has 0 spiro atoms. The lowest BCUT2D eigenvalue weighted by Gasteiger charge is -2.40. The van der Waals surface area contributed by atoms with Crippen LogP contribution in [0, 0.1) is 11.8 Å². The molecule has 0 aromatic heterocycles. The summed E-state index contributed by atoms with van der Waals surface area (Å²) in [5, 5.41) is 9.89. The molecule has 0 radical (unpaired) electrons. The third-order valence-corrected chi connectivity index (χ3v) is 4.72. The molecule has 0 aromatic carbocycles. The van der Waals surface area contributed by atoms with E-state index in [1.165, 1.54) is 12.2 Å². The Bertz CT molecular complexity index is 810. The molecule has 0 amide bonds. The molecule has 2 unspecified atom stereocenters. The third-order valence-electron chi connectivity index (χ3n) is 4.72. The van der Waals surface area contributed by atoms with E-state index in [1.54, 1.807) is 13.0 Å². The van der Waals surface area contributed by atoms with Crippen LogP contribution in [0.1, 0.15) is 6.92 Å². The van der Waals surface area contributed by atoms with E-state index < -0.39 is 0 Å². The van der Waals surface area contributed by atoms with Crippen LogP contribution in [0.3, 0.4) is 0 Å². The van der Waals surface area contributed by atoms with E-state index in [1.807, 2.05) is 6.08 Å². The third kappa shape index (κ3) is 2.05. The van der Waals surface area contributed by atoms with E-state index in [2.05, 4.69) is 26.3 Å². The number of allylic oxidation sites excluding steroid dienone is 11. The average molecular weight is 318 g/mol. The molecule has 0 aliphatic heterocycles. The van der Waals surface area contributed by atoms with E-state index in [-0.39, 0.29) is 34.7 Å². The molecular weight excluding hydrogens is 300 g/mol. The highest BCUT2D eigenvalue weighted by Gasteiger charge is 2.42. The van der Waals surface area contributed by atoms with Crippen LogP contribution in [0.25, 0.3) is 0 Å². The van der Waals surface area contributed by atoms with Gasteiger partial charge in [-0.2, -0.15) is 0 Å². The van der Waals surface area contributed by atoms with Gasteiger partial charge in [-0.25, -0.2) is 0 Å². The number of carbonyl (C=O) groups excluding carboxylic acids is 2. The molecule has 1 N–H and O–H groups in total. The molecular formula is C21H18O3. The van der Waals surface area contributed by atoms with Crippen molar-refractivity contribution in [1.82, 2.24) is 0 Å². The van der Waals surface area contributed by atoms with Crippen molar-refractivity contribution >= 4 is 11.6 Å². The summed E-state index contributed by atoms with van der Waals surface area (Å²) in [6, 6.07) is 0. The number of carbonyl (C=O) groups is 2. The average Bonchev–Trinajstić information content (AvgIpc) is 2.51. The summed E-state index contributed by atoms with van der Waals surface area (Å²) in [6.07, 6.45) is 6.59. The number of aliphatic hydroxyl groups excluding tert-OH is 1. The quantitative estimate of drug-likeness (QED) is 0.787. The van der Waals surface area contributed by atoms with Crippen LogP contribution in [0.15, 0.2) is 95.4 Å². The highest BCUT2D eigenvalue weighted by molar-refractivity contribution is 6.11. The number of fused-ring (bicyclic) bond motifs is 3. The van der Waals surface area contributed by atoms with Crippen molar-refractivity contribution in [2.45, 2.75) is 6.92 Å². The molecule has 120 valence electrons. The summed E-state index contributed by atoms with van der Waals surface area (Å²) in [4.78, 5) is 24.5. The zero-order chi connectivity index (χ0) is 17.8. The molecule has 0 bridgehead atoms. The second-order valence-corrected chi connectivity index (χ2v) is 6.26. The molecule has 0 heterocycles. The van der Waals surface area contributed by atoms with Crippen LogP contribution >= 0.6 is 0 Å². The first-order chi connectivity index (χ1) is 11.3. The minimum Gasteiger partial charge on any atom is -0.508 e. The van der Waals surface area contributed by atoms with Crippen LogP contribution in [0.4, 0.5) is 0 Å². The molecule has 24 heavy (non-hydrogen) atoms. The first kappa shape index (κ1) is 15.9. The van der Waals surface area contributed by atoms with Crippen molar-refractivity contribution in [2.75, 3.05) is 0 Å².